The molecule has 0 spiro atoms. The molecule has 8 heteroatoms. The molecule has 0 atom stereocenters. The van der Waals surface area contributed by atoms with Gasteiger partial charge >= 0.3 is 0 Å². The third-order valence-corrected chi connectivity index (χ3v) is 5.49. The first-order chi connectivity index (χ1) is 13.5. The summed E-state index contributed by atoms with van der Waals surface area (Å²) in [5.74, 6) is 0.779. The lowest BCUT2D eigenvalue weighted by atomic mass is 10.2. The number of fused-ring (bicyclic) bond motifs is 1. The fourth-order valence-electron chi connectivity index (χ4n) is 3.10. The summed E-state index contributed by atoms with van der Waals surface area (Å²) in [5.41, 5.74) is 1.19. The summed E-state index contributed by atoms with van der Waals surface area (Å²) in [4.78, 5) is 23.5. The molecule has 0 bridgehead atoms. The molecule has 3 heterocycles. The van der Waals surface area contributed by atoms with Crippen LogP contribution >= 0.6 is 11.3 Å². The third kappa shape index (κ3) is 3.68. The van der Waals surface area contributed by atoms with E-state index in [1.54, 1.807) is 36.5 Å². The predicted octanol–water partition coefficient (Wildman–Crippen LogP) is 4.58. The summed E-state index contributed by atoms with van der Waals surface area (Å²) in [7, 11) is 0. The molecule has 0 saturated carbocycles. The van der Waals surface area contributed by atoms with Crippen molar-refractivity contribution >= 4 is 32.6 Å². The highest BCUT2D eigenvalue weighted by Crippen LogP contribution is 2.31. The summed E-state index contributed by atoms with van der Waals surface area (Å²) in [5, 5.41) is 0.550. The maximum absolute atomic E-state index is 13.6. The molecule has 4 rings (SSSR count). The number of carbonyl (C=O) groups excluding carboxylic acids is 1. The number of aromatic nitrogens is 3. The van der Waals surface area contributed by atoms with Gasteiger partial charge in [0.05, 0.1) is 22.1 Å². The average molecular weight is 398 g/mol. The molecule has 0 saturated heterocycles. The van der Waals surface area contributed by atoms with Crippen molar-refractivity contribution in [1.82, 2.24) is 14.5 Å². The van der Waals surface area contributed by atoms with Gasteiger partial charge in [-0.15, -0.1) is 0 Å². The third-order valence-electron chi connectivity index (χ3n) is 4.44. The zero-order valence-corrected chi connectivity index (χ0v) is 16.4. The van der Waals surface area contributed by atoms with E-state index < -0.39 is 0 Å². The number of amides is 1. The number of anilines is 1. The number of carbonyl (C=O) groups is 1. The number of rotatable bonds is 6. The van der Waals surface area contributed by atoms with E-state index in [2.05, 4.69) is 9.97 Å². The monoisotopic (exact) mass is 398 g/mol. The maximum atomic E-state index is 13.6. The first-order valence-electron chi connectivity index (χ1n) is 8.92. The van der Waals surface area contributed by atoms with Crippen LogP contribution in [0.5, 0.6) is 0 Å². The molecule has 0 aliphatic heterocycles. The molecular formula is C20H19FN4O2S. The molecular weight excluding hydrogens is 379 g/mol. The van der Waals surface area contributed by atoms with Crippen LogP contribution in [0.1, 0.15) is 28.3 Å². The minimum Gasteiger partial charge on any atom is -0.466 e. The van der Waals surface area contributed by atoms with Gasteiger partial charge in [-0.2, -0.15) is 0 Å². The van der Waals surface area contributed by atoms with Crippen LogP contribution in [-0.2, 0) is 6.54 Å². The van der Waals surface area contributed by atoms with Gasteiger partial charge in [-0.1, -0.05) is 11.3 Å². The molecule has 0 fully saturated rings. The number of hydrogen-bond donors (Lipinski definition) is 0. The maximum Gasteiger partial charge on any atom is 0.263 e. The predicted molar refractivity (Wildman–Crippen MR) is 106 cm³/mol. The van der Waals surface area contributed by atoms with Gasteiger partial charge in [-0.25, -0.2) is 14.4 Å². The number of furan rings is 1. The van der Waals surface area contributed by atoms with E-state index >= 15 is 0 Å². The number of halogens is 1. The van der Waals surface area contributed by atoms with E-state index in [0.717, 1.165) is 13.0 Å². The van der Waals surface area contributed by atoms with E-state index in [4.69, 9.17) is 4.42 Å². The summed E-state index contributed by atoms with van der Waals surface area (Å²) in [6.07, 6.45) is 6.08. The van der Waals surface area contributed by atoms with Crippen molar-refractivity contribution in [2.45, 2.75) is 26.8 Å². The van der Waals surface area contributed by atoms with Crippen molar-refractivity contribution in [3.05, 3.63) is 65.9 Å². The number of thiazole rings is 1. The van der Waals surface area contributed by atoms with E-state index in [9.17, 15) is 9.18 Å². The molecule has 144 valence electrons. The van der Waals surface area contributed by atoms with Gasteiger partial charge in [0.25, 0.3) is 5.91 Å². The van der Waals surface area contributed by atoms with E-state index in [1.165, 1.54) is 23.5 Å². The van der Waals surface area contributed by atoms with Crippen LogP contribution < -0.4 is 4.90 Å². The smallest absolute Gasteiger partial charge is 0.263 e. The molecule has 0 aliphatic rings. The zero-order valence-electron chi connectivity index (χ0n) is 15.6. The Morgan fingerprint density at radius 1 is 1.32 bits per heavy atom. The quantitative estimate of drug-likeness (QED) is 0.477. The highest BCUT2D eigenvalue weighted by Gasteiger charge is 2.24. The molecule has 4 aromatic rings. The molecule has 6 nitrogen and oxygen atoms in total. The van der Waals surface area contributed by atoms with Crippen LogP contribution in [0, 0.1) is 19.7 Å². The Labute approximate surface area is 165 Å². The Kier molecular flexibility index (Phi) is 4.95. The number of hydrogen-bond acceptors (Lipinski definition) is 5. The highest BCUT2D eigenvalue weighted by molar-refractivity contribution is 7.22. The second-order valence-corrected chi connectivity index (χ2v) is 7.56. The van der Waals surface area contributed by atoms with Gasteiger partial charge < -0.3 is 8.98 Å². The summed E-state index contributed by atoms with van der Waals surface area (Å²) in [6, 6.07) is 6.19. The van der Waals surface area contributed by atoms with E-state index in [1.807, 2.05) is 17.7 Å². The van der Waals surface area contributed by atoms with E-state index in [0.29, 0.717) is 39.0 Å². The fraction of sp³-hybridized carbons (Fsp3) is 0.250. The summed E-state index contributed by atoms with van der Waals surface area (Å²) in [6.45, 7) is 4.79. The Bertz CT molecular complexity index is 1120. The van der Waals surface area contributed by atoms with Gasteiger partial charge in [0, 0.05) is 25.5 Å². The number of aryl methyl sites for hydroxylation is 3. The zero-order chi connectivity index (χ0) is 19.7. The molecule has 0 aliphatic carbocycles. The Morgan fingerprint density at radius 2 is 2.18 bits per heavy atom. The average Bonchev–Trinajstić information content (AvgIpc) is 3.38. The fourth-order valence-corrected chi connectivity index (χ4v) is 4.12. The first-order valence-corrected chi connectivity index (χ1v) is 9.73. The van der Waals surface area contributed by atoms with Gasteiger partial charge in [-0.05, 0) is 44.5 Å². The topological polar surface area (TPSA) is 64.2 Å². The molecule has 1 amide bonds. The van der Waals surface area contributed by atoms with Crippen molar-refractivity contribution in [2.75, 3.05) is 11.4 Å². The molecule has 0 unspecified atom stereocenters. The van der Waals surface area contributed by atoms with Crippen molar-refractivity contribution in [2.24, 2.45) is 0 Å². The van der Waals surface area contributed by atoms with Crippen LogP contribution in [0.2, 0.25) is 0 Å². The normalized spacial score (nSPS) is 11.2. The van der Waals surface area contributed by atoms with Crippen LogP contribution in [0.3, 0.4) is 0 Å². The van der Waals surface area contributed by atoms with Gasteiger partial charge in [-0.3, -0.25) is 9.69 Å². The second-order valence-electron chi connectivity index (χ2n) is 6.55. The van der Waals surface area contributed by atoms with Crippen LogP contribution in [0.25, 0.3) is 10.2 Å². The van der Waals surface area contributed by atoms with Crippen molar-refractivity contribution in [3.63, 3.8) is 0 Å². The Balaban J connectivity index is 1.64. The van der Waals surface area contributed by atoms with Crippen LogP contribution in [0.4, 0.5) is 9.52 Å². The Hall–Kier alpha value is -3.00. The lowest BCUT2D eigenvalue weighted by molar-refractivity contribution is 0.0985. The Morgan fingerprint density at radius 3 is 2.89 bits per heavy atom. The number of imidazole rings is 1. The standard InChI is InChI=1S/C20H19FN4O2S/c1-13-10-16(14(2)27-13)19(26)25(8-3-7-24-9-6-22-12-24)20-23-17-5-4-15(21)11-18(17)28-20/h4-6,9-12H,3,7-8H2,1-2H3. The van der Waals surface area contributed by atoms with Crippen molar-refractivity contribution in [1.29, 1.82) is 0 Å². The van der Waals surface area contributed by atoms with E-state index in [-0.39, 0.29) is 11.7 Å². The van der Waals surface area contributed by atoms with Gasteiger partial charge in [0.15, 0.2) is 5.13 Å². The molecule has 28 heavy (non-hydrogen) atoms. The van der Waals surface area contributed by atoms with Crippen molar-refractivity contribution < 1.29 is 13.6 Å². The van der Waals surface area contributed by atoms with Crippen LogP contribution in [-0.4, -0.2) is 27.0 Å². The molecule has 1 aromatic carbocycles. The van der Waals surface area contributed by atoms with Crippen molar-refractivity contribution in [3.8, 4) is 0 Å². The van der Waals surface area contributed by atoms with Crippen LogP contribution in [0.15, 0.2) is 47.4 Å². The number of nitrogens with zero attached hydrogens (tertiary/aromatic N) is 4. The first kappa shape index (κ1) is 18.4. The van der Waals surface area contributed by atoms with Gasteiger partial charge in [0.2, 0.25) is 0 Å². The minimum atomic E-state index is -0.318. The lowest BCUT2D eigenvalue weighted by Gasteiger charge is -2.19. The minimum absolute atomic E-state index is 0.167. The molecule has 3 aromatic heterocycles. The second kappa shape index (κ2) is 7.55. The van der Waals surface area contributed by atoms with Gasteiger partial charge in [0.1, 0.15) is 17.3 Å². The lowest BCUT2D eigenvalue weighted by Crippen LogP contribution is -2.32. The summed E-state index contributed by atoms with van der Waals surface area (Å²) < 4.78 is 21.8. The summed E-state index contributed by atoms with van der Waals surface area (Å²) >= 11 is 1.31. The SMILES string of the molecule is Cc1cc(C(=O)N(CCCn2ccnc2)c2nc3ccc(F)cc3s2)c(C)o1. The number of benzene rings is 1. The largest absolute Gasteiger partial charge is 0.466 e. The highest BCUT2D eigenvalue weighted by atomic mass is 32.1. The molecule has 0 N–H and O–H groups in total. The molecule has 0 radical (unpaired) electrons.